The molecule has 18 heavy (non-hydrogen) atoms. The Bertz CT molecular complexity index is 432. The lowest BCUT2D eigenvalue weighted by Crippen LogP contribution is -2.41. The Morgan fingerprint density at radius 3 is 2.78 bits per heavy atom. The summed E-state index contributed by atoms with van der Waals surface area (Å²) in [7, 11) is 0. The Hall–Kier alpha value is -1.51. The van der Waals surface area contributed by atoms with Crippen molar-refractivity contribution in [1.29, 1.82) is 0 Å². The molecule has 1 aromatic carbocycles. The van der Waals surface area contributed by atoms with Crippen LogP contribution in [-0.4, -0.2) is 17.1 Å². The quantitative estimate of drug-likeness (QED) is 0.839. The minimum atomic E-state index is -0.742. The van der Waals surface area contributed by atoms with E-state index in [1.807, 2.05) is 12.1 Å². The van der Waals surface area contributed by atoms with Gasteiger partial charge in [-0.15, -0.1) is 0 Å². The van der Waals surface area contributed by atoms with Gasteiger partial charge in [-0.25, -0.2) is 0 Å². The van der Waals surface area contributed by atoms with E-state index in [2.05, 4.69) is 31.3 Å². The predicted octanol–water partition coefficient (Wildman–Crippen LogP) is 3.30. The van der Waals surface area contributed by atoms with Crippen molar-refractivity contribution in [3.8, 4) is 0 Å². The number of benzene rings is 1. The first kappa shape index (κ1) is 12.9. The zero-order chi connectivity index (χ0) is 13.2. The molecule has 0 aromatic heterocycles. The number of carbonyl (C=O) groups is 1. The molecule has 0 bridgehead atoms. The molecule has 0 unspecified atom stereocenters. The van der Waals surface area contributed by atoms with E-state index in [0.717, 1.165) is 11.3 Å². The fourth-order valence-corrected chi connectivity index (χ4v) is 2.68. The van der Waals surface area contributed by atoms with Gasteiger partial charge in [-0.05, 0) is 42.4 Å². The third kappa shape index (κ3) is 3.49. The smallest absolute Gasteiger partial charge is 0.303 e. The number of nitrogens with one attached hydrogen (secondary N) is 1. The van der Waals surface area contributed by atoms with Gasteiger partial charge in [0.05, 0.1) is 0 Å². The van der Waals surface area contributed by atoms with Crippen LogP contribution in [0, 0.1) is 5.41 Å². The first-order valence-corrected chi connectivity index (χ1v) is 6.52. The third-order valence-corrected chi connectivity index (χ3v) is 3.52. The SMILES string of the molecule is CC1(C)CC(Nc2cccc(CCC(=O)O)c2)C1. The molecule has 1 aliphatic rings. The molecule has 1 saturated carbocycles. The normalized spacial score (nSPS) is 18.1. The summed E-state index contributed by atoms with van der Waals surface area (Å²) < 4.78 is 0. The summed E-state index contributed by atoms with van der Waals surface area (Å²) in [5.74, 6) is -0.742. The topological polar surface area (TPSA) is 49.3 Å². The lowest BCUT2D eigenvalue weighted by molar-refractivity contribution is -0.136. The molecule has 3 heteroatoms. The van der Waals surface area contributed by atoms with Crippen molar-refractivity contribution in [2.24, 2.45) is 5.41 Å². The highest BCUT2D eigenvalue weighted by Crippen LogP contribution is 2.41. The van der Waals surface area contributed by atoms with Crippen LogP contribution in [0.1, 0.15) is 38.7 Å². The molecule has 0 radical (unpaired) electrons. The van der Waals surface area contributed by atoms with E-state index in [1.165, 1.54) is 12.8 Å². The first-order chi connectivity index (χ1) is 8.44. The number of hydrogen-bond acceptors (Lipinski definition) is 2. The van der Waals surface area contributed by atoms with Crippen LogP contribution in [0.2, 0.25) is 0 Å². The van der Waals surface area contributed by atoms with E-state index < -0.39 is 5.97 Å². The van der Waals surface area contributed by atoms with Crippen molar-refractivity contribution < 1.29 is 9.90 Å². The van der Waals surface area contributed by atoms with Crippen LogP contribution in [-0.2, 0) is 11.2 Å². The maximum atomic E-state index is 10.5. The van der Waals surface area contributed by atoms with E-state index >= 15 is 0 Å². The zero-order valence-corrected chi connectivity index (χ0v) is 11.1. The third-order valence-electron chi connectivity index (χ3n) is 3.52. The summed E-state index contributed by atoms with van der Waals surface area (Å²) >= 11 is 0. The van der Waals surface area contributed by atoms with Crippen molar-refractivity contribution in [3.05, 3.63) is 29.8 Å². The largest absolute Gasteiger partial charge is 0.481 e. The Labute approximate surface area is 108 Å². The Balaban J connectivity index is 1.89. The molecule has 0 amide bonds. The molecular weight excluding hydrogens is 226 g/mol. The van der Waals surface area contributed by atoms with Crippen molar-refractivity contribution in [1.82, 2.24) is 0 Å². The van der Waals surface area contributed by atoms with E-state index in [4.69, 9.17) is 5.11 Å². The monoisotopic (exact) mass is 247 g/mol. The number of hydrogen-bond donors (Lipinski definition) is 2. The lowest BCUT2D eigenvalue weighted by atomic mass is 9.68. The van der Waals surface area contributed by atoms with Crippen molar-refractivity contribution >= 4 is 11.7 Å². The molecular formula is C15H21NO2. The minimum Gasteiger partial charge on any atom is -0.481 e. The van der Waals surface area contributed by atoms with Crippen LogP contribution in [0.25, 0.3) is 0 Å². The second-order valence-electron chi connectivity index (χ2n) is 6.01. The van der Waals surface area contributed by atoms with Gasteiger partial charge in [-0.2, -0.15) is 0 Å². The van der Waals surface area contributed by atoms with Gasteiger partial charge in [-0.1, -0.05) is 26.0 Å². The number of rotatable bonds is 5. The highest BCUT2D eigenvalue weighted by molar-refractivity contribution is 5.67. The second-order valence-corrected chi connectivity index (χ2v) is 6.01. The minimum absolute atomic E-state index is 0.194. The maximum absolute atomic E-state index is 10.5. The Morgan fingerprint density at radius 2 is 2.17 bits per heavy atom. The summed E-state index contributed by atoms with van der Waals surface area (Å²) in [4.78, 5) is 10.5. The highest BCUT2D eigenvalue weighted by Gasteiger charge is 2.35. The van der Waals surface area contributed by atoms with Gasteiger partial charge in [0.25, 0.3) is 0 Å². The zero-order valence-electron chi connectivity index (χ0n) is 11.1. The fraction of sp³-hybridized carbons (Fsp3) is 0.533. The van der Waals surface area contributed by atoms with E-state index in [0.29, 0.717) is 17.9 Å². The van der Waals surface area contributed by atoms with Crippen LogP contribution in [0.3, 0.4) is 0 Å². The summed E-state index contributed by atoms with van der Waals surface area (Å²) in [6, 6.07) is 8.65. The molecule has 0 spiro atoms. The number of carboxylic acid groups (broad SMARTS) is 1. The van der Waals surface area contributed by atoms with Gasteiger partial charge in [0.2, 0.25) is 0 Å². The van der Waals surface area contributed by atoms with Crippen LogP contribution in [0.5, 0.6) is 0 Å². The average molecular weight is 247 g/mol. The van der Waals surface area contributed by atoms with Gasteiger partial charge in [0.15, 0.2) is 0 Å². The highest BCUT2D eigenvalue weighted by atomic mass is 16.4. The van der Waals surface area contributed by atoms with Crippen LogP contribution in [0.4, 0.5) is 5.69 Å². The summed E-state index contributed by atoms with van der Waals surface area (Å²) in [5, 5.41) is 12.2. The summed E-state index contributed by atoms with van der Waals surface area (Å²) in [5.41, 5.74) is 2.66. The molecule has 1 aliphatic carbocycles. The number of aliphatic carboxylic acids is 1. The molecule has 1 aromatic rings. The van der Waals surface area contributed by atoms with Crippen LogP contribution in [0.15, 0.2) is 24.3 Å². The summed E-state index contributed by atoms with van der Waals surface area (Å²) in [6.45, 7) is 4.57. The summed E-state index contributed by atoms with van der Waals surface area (Å²) in [6.07, 6.45) is 3.19. The molecule has 98 valence electrons. The maximum Gasteiger partial charge on any atom is 0.303 e. The van der Waals surface area contributed by atoms with Gasteiger partial charge in [-0.3, -0.25) is 4.79 Å². The molecule has 0 saturated heterocycles. The van der Waals surface area contributed by atoms with Gasteiger partial charge in [0.1, 0.15) is 0 Å². The molecule has 0 heterocycles. The number of carboxylic acids is 1. The number of anilines is 1. The van der Waals surface area contributed by atoms with Crippen molar-refractivity contribution in [3.63, 3.8) is 0 Å². The van der Waals surface area contributed by atoms with E-state index in [1.54, 1.807) is 0 Å². The molecule has 3 nitrogen and oxygen atoms in total. The average Bonchev–Trinajstić information content (AvgIpc) is 2.24. The van der Waals surface area contributed by atoms with E-state index in [9.17, 15) is 4.79 Å². The predicted molar refractivity (Wildman–Crippen MR) is 72.8 cm³/mol. The fourth-order valence-electron chi connectivity index (χ4n) is 2.68. The van der Waals surface area contributed by atoms with Crippen molar-refractivity contribution in [2.45, 2.75) is 45.6 Å². The molecule has 0 aliphatic heterocycles. The van der Waals surface area contributed by atoms with E-state index in [-0.39, 0.29) is 6.42 Å². The standard InChI is InChI=1S/C15H21NO2/c1-15(2)9-13(10-15)16-12-5-3-4-11(8-12)6-7-14(17)18/h3-5,8,13,16H,6-7,9-10H2,1-2H3,(H,17,18). The molecule has 2 N–H and O–H groups in total. The van der Waals surface area contributed by atoms with Gasteiger partial charge < -0.3 is 10.4 Å². The van der Waals surface area contributed by atoms with Gasteiger partial charge in [0, 0.05) is 18.2 Å². The second kappa shape index (κ2) is 5.01. The molecule has 1 fully saturated rings. The lowest BCUT2D eigenvalue weighted by Gasteiger charge is -2.43. The first-order valence-electron chi connectivity index (χ1n) is 6.52. The van der Waals surface area contributed by atoms with Gasteiger partial charge >= 0.3 is 5.97 Å². The Kier molecular flexibility index (Phi) is 3.60. The van der Waals surface area contributed by atoms with Crippen LogP contribution < -0.4 is 5.32 Å². The molecule has 2 rings (SSSR count). The van der Waals surface area contributed by atoms with Crippen molar-refractivity contribution in [2.75, 3.05) is 5.32 Å². The number of aryl methyl sites for hydroxylation is 1. The van der Waals surface area contributed by atoms with Crippen LogP contribution >= 0.6 is 0 Å². The Morgan fingerprint density at radius 1 is 1.44 bits per heavy atom. The molecule has 0 atom stereocenters.